The minimum atomic E-state index is 0.703. The third kappa shape index (κ3) is 5.04. The Labute approximate surface area is 127 Å². The summed E-state index contributed by atoms with van der Waals surface area (Å²) in [5, 5.41) is 3.82. The van der Waals surface area contributed by atoms with Crippen molar-refractivity contribution in [1.29, 1.82) is 0 Å². The van der Waals surface area contributed by atoms with Gasteiger partial charge in [0.25, 0.3) is 0 Å². The first-order chi connectivity index (χ1) is 9.51. The van der Waals surface area contributed by atoms with E-state index in [4.69, 9.17) is 0 Å². The molecule has 2 nitrogen and oxygen atoms in total. The molecule has 0 aromatic heterocycles. The van der Waals surface area contributed by atoms with E-state index >= 15 is 0 Å². The van der Waals surface area contributed by atoms with Crippen molar-refractivity contribution in [2.45, 2.75) is 91.3 Å². The second-order valence-electron chi connectivity index (χ2n) is 7.25. The zero-order chi connectivity index (χ0) is 15.1. The Bertz CT molecular complexity index is 250. The van der Waals surface area contributed by atoms with Gasteiger partial charge in [-0.2, -0.15) is 0 Å². The van der Waals surface area contributed by atoms with Crippen LogP contribution in [-0.2, 0) is 0 Å². The second kappa shape index (κ2) is 9.04. The second-order valence-corrected chi connectivity index (χ2v) is 7.25. The van der Waals surface area contributed by atoms with E-state index in [1.165, 1.54) is 45.1 Å². The van der Waals surface area contributed by atoms with Gasteiger partial charge < -0.3 is 5.32 Å². The fraction of sp³-hybridized carbons (Fsp3) is 1.00. The van der Waals surface area contributed by atoms with Gasteiger partial charge in [-0.1, -0.05) is 34.1 Å². The predicted octanol–water partition coefficient (Wildman–Crippen LogP) is 4.30. The zero-order valence-corrected chi connectivity index (χ0v) is 14.8. The molecule has 1 rings (SSSR count). The van der Waals surface area contributed by atoms with Crippen LogP contribution in [0.2, 0.25) is 0 Å². The molecule has 0 aromatic carbocycles. The molecule has 1 aliphatic rings. The summed E-state index contributed by atoms with van der Waals surface area (Å²) in [6, 6.07) is 2.14. The Balaban J connectivity index is 2.69. The Kier molecular flexibility index (Phi) is 8.13. The van der Waals surface area contributed by atoms with Crippen LogP contribution in [-0.4, -0.2) is 36.6 Å². The Hall–Kier alpha value is -0.0800. The van der Waals surface area contributed by atoms with E-state index in [0.29, 0.717) is 12.1 Å². The topological polar surface area (TPSA) is 15.3 Å². The molecule has 1 fully saturated rings. The molecule has 0 saturated heterocycles. The van der Waals surface area contributed by atoms with Crippen molar-refractivity contribution in [3.8, 4) is 0 Å². The van der Waals surface area contributed by atoms with Crippen molar-refractivity contribution in [2.75, 3.05) is 13.6 Å². The van der Waals surface area contributed by atoms with Crippen LogP contribution < -0.4 is 5.32 Å². The van der Waals surface area contributed by atoms with Crippen LogP contribution in [0, 0.1) is 11.8 Å². The lowest BCUT2D eigenvalue weighted by molar-refractivity contribution is 0.0736. The van der Waals surface area contributed by atoms with Gasteiger partial charge in [0.2, 0.25) is 0 Å². The highest BCUT2D eigenvalue weighted by Crippen LogP contribution is 2.33. The molecule has 4 unspecified atom stereocenters. The molecule has 4 atom stereocenters. The molecule has 0 amide bonds. The van der Waals surface area contributed by atoms with E-state index in [-0.39, 0.29) is 0 Å². The highest BCUT2D eigenvalue weighted by molar-refractivity contribution is 4.92. The average molecular weight is 283 g/mol. The summed E-state index contributed by atoms with van der Waals surface area (Å²) in [5.74, 6) is 1.75. The number of hydrogen-bond acceptors (Lipinski definition) is 2. The summed E-state index contributed by atoms with van der Waals surface area (Å²) in [4.78, 5) is 2.67. The third-order valence-electron chi connectivity index (χ3n) is 5.38. The lowest BCUT2D eigenvalue weighted by Gasteiger charge is -2.45. The largest absolute Gasteiger partial charge is 0.312 e. The van der Waals surface area contributed by atoms with Gasteiger partial charge in [0, 0.05) is 18.1 Å². The molecule has 1 aliphatic carbocycles. The van der Waals surface area contributed by atoms with Gasteiger partial charge in [0.05, 0.1) is 0 Å². The molecular formula is C18H38N2. The smallest absolute Gasteiger partial charge is 0.0251 e. The lowest BCUT2D eigenvalue weighted by atomic mass is 9.76. The molecule has 120 valence electrons. The van der Waals surface area contributed by atoms with Crippen molar-refractivity contribution in [2.24, 2.45) is 11.8 Å². The molecule has 0 bridgehead atoms. The van der Waals surface area contributed by atoms with Crippen LogP contribution in [0.15, 0.2) is 0 Å². The summed E-state index contributed by atoms with van der Waals surface area (Å²) < 4.78 is 0. The van der Waals surface area contributed by atoms with E-state index in [0.717, 1.165) is 17.9 Å². The standard InChI is InChI=1S/C18H38N2/c1-7-9-15(5)20(6)18-13-16(14(3)4)10-11-17(18)19-12-8-2/h14-19H,7-13H2,1-6H3. The van der Waals surface area contributed by atoms with E-state index in [2.05, 4.69) is 51.9 Å². The quantitative estimate of drug-likeness (QED) is 0.714. The maximum atomic E-state index is 3.82. The van der Waals surface area contributed by atoms with E-state index in [1.54, 1.807) is 0 Å². The van der Waals surface area contributed by atoms with Crippen LogP contribution in [0.25, 0.3) is 0 Å². The molecule has 20 heavy (non-hydrogen) atoms. The van der Waals surface area contributed by atoms with Gasteiger partial charge in [0.1, 0.15) is 0 Å². The van der Waals surface area contributed by atoms with Crippen LogP contribution in [0.1, 0.15) is 73.1 Å². The fourth-order valence-corrected chi connectivity index (χ4v) is 3.75. The van der Waals surface area contributed by atoms with Gasteiger partial charge in [-0.3, -0.25) is 4.90 Å². The summed E-state index contributed by atoms with van der Waals surface area (Å²) in [6.45, 7) is 12.9. The van der Waals surface area contributed by atoms with Crippen molar-refractivity contribution in [3.05, 3.63) is 0 Å². The molecule has 2 heteroatoms. The van der Waals surface area contributed by atoms with Gasteiger partial charge in [-0.15, -0.1) is 0 Å². The van der Waals surface area contributed by atoms with Crippen LogP contribution in [0.5, 0.6) is 0 Å². The molecule has 0 heterocycles. The molecule has 0 radical (unpaired) electrons. The Morgan fingerprint density at radius 2 is 1.80 bits per heavy atom. The normalized spacial score (nSPS) is 29.1. The molecule has 0 aromatic rings. The summed E-state index contributed by atoms with van der Waals surface area (Å²) in [5.41, 5.74) is 0. The first kappa shape index (κ1) is 18.0. The first-order valence-electron chi connectivity index (χ1n) is 8.96. The monoisotopic (exact) mass is 282 g/mol. The number of nitrogens with zero attached hydrogens (tertiary/aromatic N) is 1. The van der Waals surface area contributed by atoms with Crippen LogP contribution >= 0.6 is 0 Å². The van der Waals surface area contributed by atoms with Crippen molar-refractivity contribution in [3.63, 3.8) is 0 Å². The van der Waals surface area contributed by atoms with E-state index in [9.17, 15) is 0 Å². The highest BCUT2D eigenvalue weighted by Gasteiger charge is 2.34. The van der Waals surface area contributed by atoms with E-state index in [1.807, 2.05) is 0 Å². The minimum absolute atomic E-state index is 0.703. The van der Waals surface area contributed by atoms with Crippen molar-refractivity contribution < 1.29 is 0 Å². The molecular weight excluding hydrogens is 244 g/mol. The fourth-order valence-electron chi connectivity index (χ4n) is 3.75. The lowest BCUT2D eigenvalue weighted by Crippen LogP contribution is -2.54. The predicted molar refractivity (Wildman–Crippen MR) is 90.2 cm³/mol. The van der Waals surface area contributed by atoms with Gasteiger partial charge in [0.15, 0.2) is 0 Å². The highest BCUT2D eigenvalue weighted by atomic mass is 15.2. The van der Waals surface area contributed by atoms with Crippen LogP contribution in [0.3, 0.4) is 0 Å². The number of likely N-dealkylation sites (N-methyl/N-ethyl adjacent to an activating group) is 1. The number of nitrogens with one attached hydrogen (secondary N) is 1. The summed E-state index contributed by atoms with van der Waals surface area (Å²) in [7, 11) is 2.36. The molecule has 1 N–H and O–H groups in total. The third-order valence-corrected chi connectivity index (χ3v) is 5.38. The first-order valence-corrected chi connectivity index (χ1v) is 8.96. The maximum absolute atomic E-state index is 3.82. The SMILES string of the molecule is CCCNC1CCC(C(C)C)CC1N(C)C(C)CCC. The Morgan fingerprint density at radius 3 is 2.35 bits per heavy atom. The zero-order valence-electron chi connectivity index (χ0n) is 14.8. The summed E-state index contributed by atoms with van der Waals surface area (Å²) >= 11 is 0. The molecule has 0 aliphatic heterocycles. The summed E-state index contributed by atoms with van der Waals surface area (Å²) in [6.07, 6.45) is 8.00. The van der Waals surface area contributed by atoms with E-state index < -0.39 is 0 Å². The average Bonchev–Trinajstić information content (AvgIpc) is 2.44. The van der Waals surface area contributed by atoms with Crippen molar-refractivity contribution >= 4 is 0 Å². The molecule has 0 spiro atoms. The van der Waals surface area contributed by atoms with Gasteiger partial charge >= 0.3 is 0 Å². The van der Waals surface area contributed by atoms with Crippen molar-refractivity contribution in [1.82, 2.24) is 10.2 Å². The number of hydrogen-bond donors (Lipinski definition) is 1. The maximum Gasteiger partial charge on any atom is 0.0251 e. The molecule has 1 saturated carbocycles. The van der Waals surface area contributed by atoms with Crippen LogP contribution in [0.4, 0.5) is 0 Å². The number of rotatable bonds is 8. The minimum Gasteiger partial charge on any atom is -0.312 e. The Morgan fingerprint density at radius 1 is 1.10 bits per heavy atom. The van der Waals surface area contributed by atoms with Gasteiger partial charge in [-0.25, -0.2) is 0 Å². The van der Waals surface area contributed by atoms with Gasteiger partial charge in [-0.05, 0) is 64.5 Å².